The Balaban J connectivity index is 2.19. The maximum atomic E-state index is 13.2. The Hall–Kier alpha value is -1.06. The highest BCUT2D eigenvalue weighted by Gasteiger charge is 2.45. The molecule has 0 saturated heterocycles. The fourth-order valence-corrected chi connectivity index (χ4v) is 4.37. The summed E-state index contributed by atoms with van der Waals surface area (Å²) in [7, 11) is 0. The van der Waals surface area contributed by atoms with Crippen LogP contribution in [0.1, 0.15) is 71.6 Å². The molecule has 2 aliphatic carbocycles. The molecule has 21 heavy (non-hydrogen) atoms. The molecule has 0 aromatic rings. The second-order valence-electron chi connectivity index (χ2n) is 7.35. The van der Waals surface area contributed by atoms with Gasteiger partial charge < -0.3 is 10.0 Å². The van der Waals surface area contributed by atoms with Crippen LogP contribution < -0.4 is 0 Å². The van der Waals surface area contributed by atoms with Crippen LogP contribution in [-0.4, -0.2) is 34.5 Å². The average molecular weight is 295 g/mol. The summed E-state index contributed by atoms with van der Waals surface area (Å²) < 4.78 is 0. The number of carbonyl (C=O) groups excluding carboxylic acids is 1. The molecule has 0 aliphatic heterocycles. The number of amides is 1. The van der Waals surface area contributed by atoms with Crippen LogP contribution in [0.25, 0.3) is 0 Å². The van der Waals surface area contributed by atoms with E-state index in [0.29, 0.717) is 5.92 Å². The van der Waals surface area contributed by atoms with Gasteiger partial charge in [-0.1, -0.05) is 39.5 Å². The van der Waals surface area contributed by atoms with Gasteiger partial charge in [-0.05, 0) is 38.0 Å². The van der Waals surface area contributed by atoms with Crippen molar-refractivity contribution >= 4 is 11.9 Å². The predicted molar refractivity (Wildman–Crippen MR) is 82.0 cm³/mol. The largest absolute Gasteiger partial charge is 0.480 e. The van der Waals surface area contributed by atoms with E-state index < -0.39 is 5.97 Å². The van der Waals surface area contributed by atoms with Crippen LogP contribution in [0.3, 0.4) is 0 Å². The first-order chi connectivity index (χ1) is 9.94. The average Bonchev–Trinajstić information content (AvgIpc) is 3.05. The van der Waals surface area contributed by atoms with Crippen LogP contribution in [0.5, 0.6) is 0 Å². The molecule has 0 bridgehead atoms. The van der Waals surface area contributed by atoms with Crippen LogP contribution in [-0.2, 0) is 9.59 Å². The zero-order chi connectivity index (χ0) is 15.5. The van der Waals surface area contributed by atoms with Crippen molar-refractivity contribution in [2.24, 2.45) is 11.3 Å². The first-order valence-corrected chi connectivity index (χ1v) is 8.47. The van der Waals surface area contributed by atoms with Gasteiger partial charge >= 0.3 is 5.97 Å². The highest BCUT2D eigenvalue weighted by Crippen LogP contribution is 2.45. The van der Waals surface area contributed by atoms with Crippen LogP contribution in [0.15, 0.2) is 0 Å². The highest BCUT2D eigenvalue weighted by molar-refractivity contribution is 5.86. The Morgan fingerprint density at radius 3 is 2.19 bits per heavy atom. The van der Waals surface area contributed by atoms with Crippen molar-refractivity contribution in [1.82, 2.24) is 4.90 Å². The Labute approximate surface area is 127 Å². The minimum atomic E-state index is -0.882. The second kappa shape index (κ2) is 6.80. The molecule has 1 N–H and O–H groups in total. The first-order valence-electron chi connectivity index (χ1n) is 8.47. The predicted octanol–water partition coefficient (Wildman–Crippen LogP) is 3.45. The molecule has 2 rings (SSSR count). The molecule has 4 heteroatoms. The van der Waals surface area contributed by atoms with Gasteiger partial charge in [0.05, 0.1) is 0 Å². The normalized spacial score (nSPS) is 21.9. The third-order valence-electron chi connectivity index (χ3n) is 5.15. The number of carboxylic acids is 1. The summed E-state index contributed by atoms with van der Waals surface area (Å²) in [6.07, 6.45) is 9.15. The third-order valence-corrected chi connectivity index (χ3v) is 5.15. The zero-order valence-electron chi connectivity index (χ0n) is 13.4. The lowest BCUT2D eigenvalue weighted by Crippen LogP contribution is -2.49. The maximum Gasteiger partial charge on any atom is 0.323 e. The van der Waals surface area contributed by atoms with E-state index in [9.17, 15) is 14.7 Å². The molecule has 0 spiro atoms. The molecule has 0 aromatic heterocycles. The number of hydrogen-bond donors (Lipinski definition) is 1. The van der Waals surface area contributed by atoms with Gasteiger partial charge in [-0.25, -0.2) is 0 Å². The third kappa shape index (κ3) is 3.78. The number of carboxylic acid groups (broad SMARTS) is 1. The molecule has 1 amide bonds. The van der Waals surface area contributed by atoms with Gasteiger partial charge in [0, 0.05) is 11.5 Å². The van der Waals surface area contributed by atoms with Gasteiger partial charge in [0.1, 0.15) is 6.54 Å². The van der Waals surface area contributed by atoms with E-state index in [1.54, 1.807) is 4.90 Å². The van der Waals surface area contributed by atoms with E-state index in [4.69, 9.17) is 0 Å². The van der Waals surface area contributed by atoms with Gasteiger partial charge in [-0.2, -0.15) is 0 Å². The van der Waals surface area contributed by atoms with E-state index in [-0.39, 0.29) is 23.9 Å². The van der Waals surface area contributed by atoms with E-state index in [1.165, 1.54) is 0 Å². The van der Waals surface area contributed by atoms with Gasteiger partial charge in [0.2, 0.25) is 5.91 Å². The molecule has 0 atom stereocenters. The molecule has 2 aliphatic rings. The quantitative estimate of drug-likeness (QED) is 0.816. The van der Waals surface area contributed by atoms with E-state index in [2.05, 4.69) is 13.8 Å². The maximum absolute atomic E-state index is 13.2. The summed E-state index contributed by atoms with van der Waals surface area (Å²) in [5.41, 5.74) is -0.286. The topological polar surface area (TPSA) is 57.6 Å². The molecule has 0 aromatic carbocycles. The minimum absolute atomic E-state index is 0.122. The Morgan fingerprint density at radius 2 is 1.71 bits per heavy atom. The Morgan fingerprint density at radius 1 is 1.14 bits per heavy atom. The number of carbonyl (C=O) groups is 2. The van der Waals surface area contributed by atoms with Crippen molar-refractivity contribution in [2.75, 3.05) is 6.54 Å². The summed E-state index contributed by atoms with van der Waals surface area (Å²) in [6, 6.07) is 0.151. The standard InChI is InChI=1S/C17H29NO3/c1-13(2)11-17(9-5-6-10-17)16(21)18(12-15(19)20)14-7-3-4-8-14/h13-14H,3-12H2,1-2H3,(H,19,20). The van der Waals surface area contributed by atoms with Crippen molar-refractivity contribution in [3.63, 3.8) is 0 Å². The summed E-state index contributed by atoms with van der Waals surface area (Å²) in [5.74, 6) is -0.279. The molecule has 4 nitrogen and oxygen atoms in total. The summed E-state index contributed by atoms with van der Waals surface area (Å²) >= 11 is 0. The summed E-state index contributed by atoms with van der Waals surface area (Å²) in [5, 5.41) is 9.21. The van der Waals surface area contributed by atoms with E-state index >= 15 is 0 Å². The molecule has 2 fully saturated rings. The molecular formula is C17H29NO3. The van der Waals surface area contributed by atoms with Crippen molar-refractivity contribution in [1.29, 1.82) is 0 Å². The second-order valence-corrected chi connectivity index (χ2v) is 7.35. The molecule has 0 unspecified atom stereocenters. The van der Waals surface area contributed by atoms with Crippen molar-refractivity contribution in [3.8, 4) is 0 Å². The first kappa shape index (κ1) is 16.3. The fourth-order valence-electron chi connectivity index (χ4n) is 4.37. The smallest absolute Gasteiger partial charge is 0.323 e. The van der Waals surface area contributed by atoms with Crippen LogP contribution >= 0.6 is 0 Å². The van der Waals surface area contributed by atoms with Crippen molar-refractivity contribution in [2.45, 2.75) is 77.7 Å². The fraction of sp³-hybridized carbons (Fsp3) is 0.882. The van der Waals surface area contributed by atoms with E-state index in [1.807, 2.05) is 0 Å². The number of aliphatic carboxylic acids is 1. The Kier molecular flexibility index (Phi) is 5.28. The molecule has 2 saturated carbocycles. The van der Waals surface area contributed by atoms with Gasteiger partial charge in [0.25, 0.3) is 0 Å². The lowest BCUT2D eigenvalue weighted by molar-refractivity contribution is -0.152. The number of hydrogen-bond acceptors (Lipinski definition) is 2. The van der Waals surface area contributed by atoms with Crippen molar-refractivity contribution < 1.29 is 14.7 Å². The monoisotopic (exact) mass is 295 g/mol. The van der Waals surface area contributed by atoms with Crippen LogP contribution in [0, 0.1) is 11.3 Å². The SMILES string of the molecule is CC(C)CC1(C(=O)N(CC(=O)O)C2CCCC2)CCCC1. The lowest BCUT2D eigenvalue weighted by atomic mass is 9.77. The molecule has 120 valence electrons. The number of nitrogens with zero attached hydrogens (tertiary/aromatic N) is 1. The minimum Gasteiger partial charge on any atom is -0.480 e. The van der Waals surface area contributed by atoms with Crippen LogP contribution in [0.2, 0.25) is 0 Å². The molecule has 0 heterocycles. The summed E-state index contributed by atoms with van der Waals surface area (Å²) in [4.78, 5) is 26.1. The van der Waals surface area contributed by atoms with Crippen molar-refractivity contribution in [3.05, 3.63) is 0 Å². The van der Waals surface area contributed by atoms with E-state index in [0.717, 1.165) is 57.8 Å². The molecular weight excluding hydrogens is 266 g/mol. The van der Waals surface area contributed by atoms with Gasteiger partial charge in [-0.3, -0.25) is 9.59 Å². The highest BCUT2D eigenvalue weighted by atomic mass is 16.4. The number of rotatable bonds is 6. The zero-order valence-corrected chi connectivity index (χ0v) is 13.4. The van der Waals surface area contributed by atoms with Gasteiger partial charge in [0.15, 0.2) is 0 Å². The molecule has 0 radical (unpaired) electrons. The lowest BCUT2D eigenvalue weighted by Gasteiger charge is -2.38. The summed E-state index contributed by atoms with van der Waals surface area (Å²) in [6.45, 7) is 4.19. The van der Waals surface area contributed by atoms with Gasteiger partial charge in [-0.15, -0.1) is 0 Å². The Bertz CT molecular complexity index is 379. The van der Waals surface area contributed by atoms with Crippen LogP contribution in [0.4, 0.5) is 0 Å².